The lowest BCUT2D eigenvalue weighted by Crippen LogP contribution is -2.64. The second-order valence-corrected chi connectivity index (χ2v) is 9.30. The number of unbranched alkanes of at least 4 members (excludes halogenated alkanes) is 1. The molecule has 0 aromatic heterocycles. The summed E-state index contributed by atoms with van der Waals surface area (Å²) < 4.78 is 5.63. The molecule has 1 atom stereocenters. The third kappa shape index (κ3) is 4.93. The summed E-state index contributed by atoms with van der Waals surface area (Å²) in [4.78, 5) is 37.0. The number of hydrogen-bond acceptors (Lipinski definition) is 4. The van der Waals surface area contributed by atoms with E-state index >= 15 is 0 Å². The molecule has 34 heavy (non-hydrogen) atoms. The zero-order valence-electron chi connectivity index (χ0n) is 19.5. The Bertz CT molecular complexity index is 1020. The number of amides is 2. The third-order valence-corrected chi connectivity index (χ3v) is 6.99. The van der Waals surface area contributed by atoms with Crippen LogP contribution in [0.15, 0.2) is 48.5 Å². The highest BCUT2D eigenvalue weighted by Crippen LogP contribution is 2.44. The van der Waals surface area contributed by atoms with Gasteiger partial charge in [-0.25, -0.2) is 4.79 Å². The Morgan fingerprint density at radius 3 is 2.21 bits per heavy atom. The molecule has 2 aromatic rings. The Balaban J connectivity index is 1.39. The van der Waals surface area contributed by atoms with Crippen molar-refractivity contribution in [3.8, 4) is 11.1 Å². The van der Waals surface area contributed by atoms with E-state index in [1.165, 1.54) is 0 Å². The van der Waals surface area contributed by atoms with Gasteiger partial charge in [0.05, 0.1) is 6.42 Å². The maximum atomic E-state index is 13.1. The van der Waals surface area contributed by atoms with E-state index < -0.39 is 23.6 Å². The summed E-state index contributed by atoms with van der Waals surface area (Å²) in [6, 6.07) is 15.8. The fourth-order valence-electron chi connectivity index (χ4n) is 4.98. The summed E-state index contributed by atoms with van der Waals surface area (Å²) in [6.07, 6.45) is 3.41. The summed E-state index contributed by atoms with van der Waals surface area (Å²) in [5.74, 6) is -1.33. The molecule has 1 saturated carbocycles. The number of carbonyl (C=O) groups is 3. The Morgan fingerprint density at radius 1 is 1.06 bits per heavy atom. The summed E-state index contributed by atoms with van der Waals surface area (Å²) in [7, 11) is 0. The Hall–Kier alpha value is -3.35. The number of rotatable bonds is 10. The summed E-state index contributed by atoms with van der Waals surface area (Å²) >= 11 is 0. The first-order valence-corrected chi connectivity index (χ1v) is 12.1. The molecular weight excluding hydrogens is 432 g/mol. The number of carboxylic acid groups (broad SMARTS) is 1. The van der Waals surface area contributed by atoms with Gasteiger partial charge in [0.15, 0.2) is 0 Å². The third-order valence-electron chi connectivity index (χ3n) is 6.99. The minimum atomic E-state index is -1.04. The van der Waals surface area contributed by atoms with Crippen LogP contribution in [-0.2, 0) is 14.3 Å². The SMILES string of the molecule is CCCC[C@H](CC(=O)O)NC(=O)C1(NC(=O)OCC2c3ccccc3-c3ccccc32)CCC1. The van der Waals surface area contributed by atoms with Crippen LogP contribution in [0.3, 0.4) is 0 Å². The number of ether oxygens (including phenoxy) is 1. The molecule has 4 rings (SSSR count). The Morgan fingerprint density at radius 2 is 1.68 bits per heavy atom. The highest BCUT2D eigenvalue weighted by atomic mass is 16.5. The number of hydrogen-bond donors (Lipinski definition) is 3. The van der Waals surface area contributed by atoms with E-state index in [-0.39, 0.29) is 24.9 Å². The lowest BCUT2D eigenvalue weighted by molar-refractivity contribution is -0.138. The molecule has 3 N–H and O–H groups in total. The van der Waals surface area contributed by atoms with Gasteiger partial charge < -0.3 is 20.5 Å². The largest absolute Gasteiger partial charge is 0.481 e. The highest BCUT2D eigenvalue weighted by Gasteiger charge is 2.46. The van der Waals surface area contributed by atoms with Crippen LogP contribution >= 0.6 is 0 Å². The van der Waals surface area contributed by atoms with Crippen LogP contribution in [0.5, 0.6) is 0 Å². The summed E-state index contributed by atoms with van der Waals surface area (Å²) in [6.45, 7) is 2.20. The first-order valence-electron chi connectivity index (χ1n) is 12.1. The van der Waals surface area contributed by atoms with E-state index in [4.69, 9.17) is 4.74 Å². The molecule has 2 aromatic carbocycles. The number of aliphatic carboxylic acids is 1. The topological polar surface area (TPSA) is 105 Å². The summed E-state index contributed by atoms with van der Waals surface area (Å²) in [5.41, 5.74) is 3.52. The van der Waals surface area contributed by atoms with Crippen LogP contribution in [0.2, 0.25) is 0 Å². The molecule has 2 aliphatic rings. The lowest BCUT2D eigenvalue weighted by Gasteiger charge is -2.41. The summed E-state index contributed by atoms with van der Waals surface area (Å²) in [5, 5.41) is 14.8. The van der Waals surface area contributed by atoms with Crippen LogP contribution in [-0.4, -0.2) is 41.3 Å². The molecular formula is C27H32N2O5. The fourth-order valence-corrected chi connectivity index (χ4v) is 4.98. The van der Waals surface area contributed by atoms with Gasteiger partial charge in [-0.3, -0.25) is 9.59 Å². The van der Waals surface area contributed by atoms with E-state index in [9.17, 15) is 19.5 Å². The van der Waals surface area contributed by atoms with E-state index in [0.717, 1.165) is 41.5 Å². The average Bonchev–Trinajstić information content (AvgIpc) is 3.12. The molecule has 2 amide bonds. The minimum Gasteiger partial charge on any atom is -0.481 e. The van der Waals surface area contributed by atoms with Gasteiger partial charge in [-0.1, -0.05) is 68.3 Å². The molecule has 0 aliphatic heterocycles. The second kappa shape index (κ2) is 10.3. The van der Waals surface area contributed by atoms with Crippen molar-refractivity contribution in [1.29, 1.82) is 0 Å². The van der Waals surface area contributed by atoms with Gasteiger partial charge >= 0.3 is 12.1 Å². The molecule has 0 radical (unpaired) electrons. The van der Waals surface area contributed by atoms with Gasteiger partial charge in [0.2, 0.25) is 5.91 Å². The van der Waals surface area contributed by atoms with Crippen LogP contribution in [0.1, 0.15) is 68.9 Å². The van der Waals surface area contributed by atoms with Crippen molar-refractivity contribution in [3.05, 3.63) is 59.7 Å². The number of nitrogens with one attached hydrogen (secondary N) is 2. The second-order valence-electron chi connectivity index (χ2n) is 9.30. The van der Waals surface area contributed by atoms with Gasteiger partial charge in [0, 0.05) is 12.0 Å². The molecule has 7 heteroatoms. The van der Waals surface area contributed by atoms with Crippen molar-refractivity contribution < 1.29 is 24.2 Å². The van der Waals surface area contributed by atoms with Crippen molar-refractivity contribution >= 4 is 18.0 Å². The monoisotopic (exact) mass is 464 g/mol. The molecule has 1 fully saturated rings. The number of alkyl carbamates (subject to hydrolysis) is 1. The van der Waals surface area contributed by atoms with Crippen molar-refractivity contribution in [2.24, 2.45) is 0 Å². The van der Waals surface area contributed by atoms with Crippen LogP contribution in [0.4, 0.5) is 4.79 Å². The quantitative estimate of drug-likeness (QED) is 0.477. The zero-order chi connectivity index (χ0) is 24.1. The van der Waals surface area contributed by atoms with Gasteiger partial charge in [-0.15, -0.1) is 0 Å². The fraction of sp³-hybridized carbons (Fsp3) is 0.444. The predicted molar refractivity (Wildman–Crippen MR) is 128 cm³/mol. The van der Waals surface area contributed by atoms with E-state index in [2.05, 4.69) is 34.9 Å². The number of carbonyl (C=O) groups excluding carboxylic acids is 2. The average molecular weight is 465 g/mol. The van der Waals surface area contributed by atoms with Gasteiger partial charge in [0.25, 0.3) is 0 Å². The van der Waals surface area contributed by atoms with E-state index in [1.807, 2.05) is 31.2 Å². The van der Waals surface area contributed by atoms with Gasteiger partial charge in [-0.05, 0) is 47.9 Å². The molecule has 180 valence electrons. The molecule has 7 nitrogen and oxygen atoms in total. The van der Waals surface area contributed by atoms with Gasteiger partial charge in [-0.2, -0.15) is 0 Å². The number of fused-ring (bicyclic) bond motifs is 3. The van der Waals surface area contributed by atoms with Crippen LogP contribution in [0.25, 0.3) is 11.1 Å². The number of carboxylic acids is 1. The first-order chi connectivity index (χ1) is 16.4. The van der Waals surface area contributed by atoms with Crippen LogP contribution < -0.4 is 10.6 Å². The zero-order valence-corrected chi connectivity index (χ0v) is 19.5. The maximum absolute atomic E-state index is 13.1. The standard InChI is InChI=1S/C27H32N2O5/c1-2-3-9-18(16-24(30)31)28-25(32)27(14-8-15-27)29-26(33)34-17-23-21-12-6-4-10-19(21)20-11-5-7-13-22(20)23/h4-7,10-13,18,23H,2-3,8-9,14-17H2,1H3,(H,28,32)(H,29,33)(H,30,31)/t18-/m1/s1. The van der Waals surface area contributed by atoms with E-state index in [0.29, 0.717) is 19.3 Å². The number of benzene rings is 2. The van der Waals surface area contributed by atoms with Crippen LogP contribution in [0, 0.1) is 0 Å². The molecule has 2 aliphatic carbocycles. The van der Waals surface area contributed by atoms with Crippen molar-refractivity contribution in [3.63, 3.8) is 0 Å². The lowest BCUT2D eigenvalue weighted by atomic mass is 9.75. The van der Waals surface area contributed by atoms with Crippen molar-refractivity contribution in [2.45, 2.75) is 69.4 Å². The van der Waals surface area contributed by atoms with Crippen molar-refractivity contribution in [2.75, 3.05) is 6.61 Å². The predicted octanol–water partition coefficient (Wildman–Crippen LogP) is 4.60. The molecule has 0 spiro atoms. The Labute approximate surface area is 199 Å². The first kappa shape index (κ1) is 23.8. The Kier molecular flexibility index (Phi) is 7.20. The molecule has 0 bridgehead atoms. The smallest absolute Gasteiger partial charge is 0.408 e. The minimum absolute atomic E-state index is 0.0571. The normalized spacial score (nSPS) is 16.5. The molecule has 0 heterocycles. The van der Waals surface area contributed by atoms with Gasteiger partial charge in [0.1, 0.15) is 12.1 Å². The molecule has 0 unspecified atom stereocenters. The van der Waals surface area contributed by atoms with E-state index in [1.54, 1.807) is 0 Å². The maximum Gasteiger partial charge on any atom is 0.408 e. The molecule has 0 saturated heterocycles. The van der Waals surface area contributed by atoms with Crippen molar-refractivity contribution in [1.82, 2.24) is 10.6 Å². The highest BCUT2D eigenvalue weighted by molar-refractivity contribution is 5.91.